The highest BCUT2D eigenvalue weighted by molar-refractivity contribution is 5.08. The van der Waals surface area contributed by atoms with Gasteiger partial charge in [-0.2, -0.15) is 0 Å². The lowest BCUT2D eigenvalue weighted by molar-refractivity contribution is 0.240. The summed E-state index contributed by atoms with van der Waals surface area (Å²) in [5.41, 5.74) is 1.41. The average Bonchev–Trinajstić information content (AvgIpc) is 2.93. The van der Waals surface area contributed by atoms with Crippen LogP contribution in [0.3, 0.4) is 0 Å². The van der Waals surface area contributed by atoms with Gasteiger partial charge in [-0.1, -0.05) is 6.92 Å². The molecule has 1 N–H and O–H groups in total. The fraction of sp³-hybridized carbons (Fsp3) is 0.800. The molecule has 19 heavy (non-hydrogen) atoms. The Kier molecular flexibility index (Phi) is 5.40. The van der Waals surface area contributed by atoms with Crippen molar-refractivity contribution in [2.75, 3.05) is 26.7 Å². The van der Waals surface area contributed by atoms with E-state index < -0.39 is 0 Å². The van der Waals surface area contributed by atoms with Crippen LogP contribution in [0, 0.1) is 0 Å². The molecule has 4 nitrogen and oxygen atoms in total. The molecule has 108 valence electrons. The molecule has 1 aromatic rings. The Morgan fingerprint density at radius 1 is 1.58 bits per heavy atom. The van der Waals surface area contributed by atoms with Crippen LogP contribution in [-0.4, -0.2) is 47.2 Å². The summed E-state index contributed by atoms with van der Waals surface area (Å²) in [4.78, 5) is 6.79. The number of likely N-dealkylation sites (N-methyl/N-ethyl adjacent to an activating group) is 1. The average molecular weight is 264 g/mol. The highest BCUT2D eigenvalue weighted by Crippen LogP contribution is 2.22. The van der Waals surface area contributed by atoms with Crippen LogP contribution in [0.5, 0.6) is 0 Å². The molecule has 0 spiro atoms. The van der Waals surface area contributed by atoms with E-state index in [9.17, 15) is 0 Å². The molecule has 0 aliphatic carbocycles. The van der Waals surface area contributed by atoms with Gasteiger partial charge in [-0.25, -0.2) is 4.98 Å². The summed E-state index contributed by atoms with van der Waals surface area (Å²) in [5, 5.41) is 3.49. The van der Waals surface area contributed by atoms with Crippen LogP contribution in [0.4, 0.5) is 0 Å². The Morgan fingerprint density at radius 3 is 3.11 bits per heavy atom. The van der Waals surface area contributed by atoms with E-state index in [0.717, 1.165) is 19.6 Å². The Bertz CT molecular complexity index is 368. The number of nitrogens with zero attached hydrogens (tertiary/aromatic N) is 3. The van der Waals surface area contributed by atoms with Crippen molar-refractivity contribution in [2.45, 2.75) is 51.6 Å². The quantitative estimate of drug-likeness (QED) is 0.854. The topological polar surface area (TPSA) is 33.1 Å². The van der Waals surface area contributed by atoms with Crippen LogP contribution >= 0.6 is 0 Å². The fourth-order valence-electron chi connectivity index (χ4n) is 2.76. The van der Waals surface area contributed by atoms with E-state index in [0.29, 0.717) is 12.0 Å². The molecule has 2 rings (SSSR count). The normalized spacial score (nSPS) is 21.8. The van der Waals surface area contributed by atoms with Gasteiger partial charge in [0.25, 0.3) is 0 Å². The molecule has 2 heterocycles. The number of piperidine rings is 1. The van der Waals surface area contributed by atoms with E-state index in [4.69, 9.17) is 0 Å². The molecule has 1 aromatic heterocycles. The van der Waals surface area contributed by atoms with Crippen molar-refractivity contribution < 1.29 is 0 Å². The zero-order valence-corrected chi connectivity index (χ0v) is 12.6. The summed E-state index contributed by atoms with van der Waals surface area (Å²) in [6.07, 6.45) is 7.83. The number of hydrogen-bond donors (Lipinski definition) is 1. The van der Waals surface area contributed by atoms with E-state index >= 15 is 0 Å². The number of imidazole rings is 1. The molecule has 1 aliphatic heterocycles. The standard InChI is InChI=1S/C15H28N4/c1-4-13(2)18(3)8-9-19-12-17-11-15(19)14-6-5-7-16-10-14/h11-14,16H,4-10H2,1-3H3. The minimum Gasteiger partial charge on any atom is -0.333 e. The van der Waals surface area contributed by atoms with Crippen molar-refractivity contribution in [1.82, 2.24) is 19.8 Å². The fourth-order valence-corrected chi connectivity index (χ4v) is 2.76. The molecule has 2 atom stereocenters. The number of nitrogens with one attached hydrogen (secondary N) is 1. The van der Waals surface area contributed by atoms with Crippen LogP contribution < -0.4 is 5.32 Å². The number of hydrogen-bond acceptors (Lipinski definition) is 3. The predicted octanol–water partition coefficient (Wildman–Crippen LogP) is 2.08. The SMILES string of the molecule is CCC(C)N(C)CCn1cncc1C1CCCNC1. The van der Waals surface area contributed by atoms with Crippen molar-refractivity contribution in [2.24, 2.45) is 0 Å². The van der Waals surface area contributed by atoms with Crippen molar-refractivity contribution in [3.63, 3.8) is 0 Å². The lowest BCUT2D eigenvalue weighted by Crippen LogP contribution is -2.33. The summed E-state index contributed by atoms with van der Waals surface area (Å²) >= 11 is 0. The summed E-state index contributed by atoms with van der Waals surface area (Å²) in [5.74, 6) is 0.644. The highest BCUT2D eigenvalue weighted by Gasteiger charge is 2.18. The van der Waals surface area contributed by atoms with Gasteiger partial charge in [-0.05, 0) is 39.8 Å². The second-order valence-electron chi connectivity index (χ2n) is 5.79. The molecule has 0 aromatic carbocycles. The summed E-state index contributed by atoms with van der Waals surface area (Å²) in [6, 6.07) is 0.656. The van der Waals surface area contributed by atoms with Gasteiger partial charge in [0.15, 0.2) is 0 Å². The monoisotopic (exact) mass is 264 g/mol. The minimum atomic E-state index is 0.644. The third-order valence-corrected chi connectivity index (χ3v) is 4.50. The first-order valence-corrected chi connectivity index (χ1v) is 7.63. The van der Waals surface area contributed by atoms with E-state index in [1.807, 2.05) is 6.33 Å². The van der Waals surface area contributed by atoms with Crippen molar-refractivity contribution in [3.05, 3.63) is 18.2 Å². The molecule has 1 saturated heterocycles. The van der Waals surface area contributed by atoms with Crippen LogP contribution in [0.2, 0.25) is 0 Å². The zero-order chi connectivity index (χ0) is 13.7. The van der Waals surface area contributed by atoms with Gasteiger partial charge in [-0.3, -0.25) is 0 Å². The second-order valence-corrected chi connectivity index (χ2v) is 5.79. The first-order valence-electron chi connectivity index (χ1n) is 7.63. The molecule has 1 fully saturated rings. The molecular formula is C15H28N4. The lowest BCUT2D eigenvalue weighted by atomic mass is 9.96. The largest absolute Gasteiger partial charge is 0.333 e. The first kappa shape index (κ1) is 14.5. The third kappa shape index (κ3) is 3.80. The summed E-state index contributed by atoms with van der Waals surface area (Å²) < 4.78 is 2.34. The van der Waals surface area contributed by atoms with Gasteiger partial charge in [0.05, 0.1) is 6.33 Å². The van der Waals surface area contributed by atoms with Gasteiger partial charge in [0.2, 0.25) is 0 Å². The Hall–Kier alpha value is -0.870. The molecule has 0 radical (unpaired) electrons. The predicted molar refractivity (Wildman–Crippen MR) is 79.5 cm³/mol. The first-order chi connectivity index (χ1) is 9.22. The maximum atomic E-state index is 4.36. The Balaban J connectivity index is 1.92. The van der Waals surface area contributed by atoms with E-state index in [1.165, 1.54) is 31.5 Å². The minimum absolute atomic E-state index is 0.644. The maximum Gasteiger partial charge on any atom is 0.0948 e. The molecule has 1 aliphatic rings. The zero-order valence-electron chi connectivity index (χ0n) is 12.6. The van der Waals surface area contributed by atoms with Crippen molar-refractivity contribution in [1.29, 1.82) is 0 Å². The van der Waals surface area contributed by atoms with Crippen LogP contribution in [0.25, 0.3) is 0 Å². The number of rotatable bonds is 6. The molecule has 4 heteroatoms. The number of aromatic nitrogens is 2. The molecular weight excluding hydrogens is 236 g/mol. The van der Waals surface area contributed by atoms with Gasteiger partial charge in [-0.15, -0.1) is 0 Å². The maximum absolute atomic E-state index is 4.36. The molecule has 2 unspecified atom stereocenters. The molecule has 0 amide bonds. The summed E-state index contributed by atoms with van der Waals surface area (Å²) in [7, 11) is 2.22. The van der Waals surface area contributed by atoms with Crippen LogP contribution in [-0.2, 0) is 6.54 Å². The summed E-state index contributed by atoms with van der Waals surface area (Å²) in [6.45, 7) is 8.96. The van der Waals surface area contributed by atoms with Crippen LogP contribution in [0.1, 0.15) is 44.7 Å². The smallest absolute Gasteiger partial charge is 0.0948 e. The van der Waals surface area contributed by atoms with Gasteiger partial charge >= 0.3 is 0 Å². The van der Waals surface area contributed by atoms with E-state index in [2.05, 4.69) is 46.9 Å². The lowest BCUT2D eigenvalue weighted by Gasteiger charge is -2.26. The highest BCUT2D eigenvalue weighted by atomic mass is 15.2. The molecule has 0 saturated carbocycles. The van der Waals surface area contributed by atoms with Gasteiger partial charge in [0.1, 0.15) is 0 Å². The third-order valence-electron chi connectivity index (χ3n) is 4.50. The van der Waals surface area contributed by atoms with Gasteiger partial charge < -0.3 is 14.8 Å². The van der Waals surface area contributed by atoms with E-state index in [1.54, 1.807) is 0 Å². The Morgan fingerprint density at radius 2 is 2.42 bits per heavy atom. The van der Waals surface area contributed by atoms with E-state index in [-0.39, 0.29) is 0 Å². The molecule has 0 bridgehead atoms. The van der Waals surface area contributed by atoms with Crippen LogP contribution in [0.15, 0.2) is 12.5 Å². The van der Waals surface area contributed by atoms with Crippen molar-refractivity contribution >= 4 is 0 Å². The second kappa shape index (κ2) is 7.06. The van der Waals surface area contributed by atoms with Crippen molar-refractivity contribution in [3.8, 4) is 0 Å². The van der Waals surface area contributed by atoms with Gasteiger partial charge in [0, 0.05) is 43.5 Å². The Labute approximate surface area is 117 Å².